The number of rotatable bonds is 7. The average Bonchev–Trinajstić information content (AvgIpc) is 3.03. The van der Waals surface area contributed by atoms with E-state index in [9.17, 15) is 8.42 Å². The minimum Gasteiger partial charge on any atom is -0.383 e. The second kappa shape index (κ2) is 5.62. The van der Waals surface area contributed by atoms with Crippen LogP contribution in [0.1, 0.15) is 26.2 Å². The van der Waals surface area contributed by atoms with E-state index in [1.807, 2.05) is 6.07 Å². The average molecular weight is 246 g/mol. The fourth-order valence-electron chi connectivity index (χ4n) is 1.59. The zero-order chi connectivity index (χ0) is 12.2. The summed E-state index contributed by atoms with van der Waals surface area (Å²) in [4.78, 5) is 0. The lowest BCUT2D eigenvalue weighted by molar-refractivity contribution is 0.177. The van der Waals surface area contributed by atoms with Crippen molar-refractivity contribution in [1.82, 2.24) is 4.31 Å². The molecule has 16 heavy (non-hydrogen) atoms. The molecule has 0 amide bonds. The van der Waals surface area contributed by atoms with Crippen LogP contribution in [0.2, 0.25) is 0 Å². The Balaban J connectivity index is 2.80. The number of ether oxygens (including phenoxy) is 1. The molecule has 5 nitrogen and oxygen atoms in total. The molecule has 1 saturated carbocycles. The summed E-state index contributed by atoms with van der Waals surface area (Å²) in [6.45, 7) is 2.44. The van der Waals surface area contributed by atoms with Crippen LogP contribution in [0.3, 0.4) is 0 Å². The van der Waals surface area contributed by atoms with Crippen LogP contribution in [-0.4, -0.2) is 44.3 Å². The van der Waals surface area contributed by atoms with Crippen molar-refractivity contribution in [3.05, 3.63) is 0 Å². The lowest BCUT2D eigenvalue weighted by Crippen LogP contribution is -2.41. The molecule has 0 aromatic heterocycles. The van der Waals surface area contributed by atoms with E-state index in [0.717, 1.165) is 12.8 Å². The van der Waals surface area contributed by atoms with Crippen molar-refractivity contribution >= 4 is 10.0 Å². The summed E-state index contributed by atoms with van der Waals surface area (Å²) in [5.41, 5.74) is 0. The molecule has 0 aromatic rings. The van der Waals surface area contributed by atoms with Crippen molar-refractivity contribution in [2.24, 2.45) is 0 Å². The van der Waals surface area contributed by atoms with Crippen molar-refractivity contribution < 1.29 is 13.2 Å². The number of hydrogen-bond acceptors (Lipinski definition) is 4. The Labute approximate surface area is 97.0 Å². The predicted molar refractivity (Wildman–Crippen MR) is 60.2 cm³/mol. The van der Waals surface area contributed by atoms with Gasteiger partial charge < -0.3 is 4.74 Å². The van der Waals surface area contributed by atoms with Crippen LogP contribution in [0.4, 0.5) is 0 Å². The van der Waals surface area contributed by atoms with Gasteiger partial charge in [0, 0.05) is 19.7 Å². The summed E-state index contributed by atoms with van der Waals surface area (Å²) in [6.07, 6.45) is 2.12. The van der Waals surface area contributed by atoms with E-state index in [0.29, 0.717) is 19.6 Å². The van der Waals surface area contributed by atoms with E-state index < -0.39 is 15.3 Å². The highest BCUT2D eigenvalue weighted by Crippen LogP contribution is 2.30. The van der Waals surface area contributed by atoms with Crippen LogP contribution in [0.15, 0.2) is 0 Å². The van der Waals surface area contributed by atoms with Gasteiger partial charge in [-0.15, -0.1) is 0 Å². The van der Waals surface area contributed by atoms with E-state index >= 15 is 0 Å². The van der Waals surface area contributed by atoms with Gasteiger partial charge in [-0.2, -0.15) is 9.57 Å². The number of hydrogen-bond donors (Lipinski definition) is 0. The smallest absolute Gasteiger partial charge is 0.230 e. The molecule has 1 aliphatic rings. The number of nitriles is 1. The van der Waals surface area contributed by atoms with Crippen molar-refractivity contribution in [1.29, 1.82) is 5.26 Å². The van der Waals surface area contributed by atoms with E-state index in [4.69, 9.17) is 10.00 Å². The largest absolute Gasteiger partial charge is 0.383 e. The van der Waals surface area contributed by atoms with Gasteiger partial charge in [-0.3, -0.25) is 0 Å². The van der Waals surface area contributed by atoms with E-state index in [1.165, 1.54) is 4.31 Å². The SMILES string of the molecule is CCC(C#N)S(=O)(=O)N(CCOC)C1CC1. The van der Waals surface area contributed by atoms with E-state index in [2.05, 4.69) is 0 Å². The van der Waals surface area contributed by atoms with Crippen LogP contribution in [-0.2, 0) is 14.8 Å². The van der Waals surface area contributed by atoms with Gasteiger partial charge >= 0.3 is 0 Å². The zero-order valence-electron chi connectivity index (χ0n) is 9.72. The van der Waals surface area contributed by atoms with Gasteiger partial charge in [0.15, 0.2) is 5.25 Å². The van der Waals surface area contributed by atoms with Gasteiger partial charge in [-0.1, -0.05) is 6.92 Å². The Morgan fingerprint density at radius 3 is 2.56 bits per heavy atom. The molecular formula is C10H18N2O3S. The van der Waals surface area contributed by atoms with Gasteiger partial charge in [0.1, 0.15) is 0 Å². The molecule has 1 atom stereocenters. The Bertz CT molecular complexity index is 357. The molecule has 1 unspecified atom stereocenters. The van der Waals surface area contributed by atoms with E-state index in [1.54, 1.807) is 14.0 Å². The maximum atomic E-state index is 12.1. The Hall–Kier alpha value is -0.640. The second-order valence-electron chi connectivity index (χ2n) is 3.91. The quantitative estimate of drug-likeness (QED) is 0.664. The fourth-order valence-corrected chi connectivity index (χ4v) is 3.43. The first-order valence-corrected chi connectivity index (χ1v) is 6.97. The summed E-state index contributed by atoms with van der Waals surface area (Å²) in [5, 5.41) is 7.93. The molecule has 1 rings (SSSR count). The van der Waals surface area contributed by atoms with Crippen molar-refractivity contribution in [3.63, 3.8) is 0 Å². The lowest BCUT2D eigenvalue weighted by atomic mass is 10.4. The van der Waals surface area contributed by atoms with Crippen LogP contribution in [0.5, 0.6) is 0 Å². The highest BCUT2D eigenvalue weighted by atomic mass is 32.2. The van der Waals surface area contributed by atoms with Crippen molar-refractivity contribution in [2.45, 2.75) is 37.5 Å². The molecule has 0 N–H and O–H groups in total. The minimum absolute atomic E-state index is 0.0857. The number of sulfonamides is 1. The fraction of sp³-hybridized carbons (Fsp3) is 0.900. The molecule has 0 aliphatic heterocycles. The second-order valence-corrected chi connectivity index (χ2v) is 5.97. The van der Waals surface area contributed by atoms with Gasteiger partial charge in [0.05, 0.1) is 12.7 Å². The van der Waals surface area contributed by atoms with Crippen molar-refractivity contribution in [3.8, 4) is 6.07 Å². The summed E-state index contributed by atoms with van der Waals surface area (Å²) < 4.78 is 30.6. The van der Waals surface area contributed by atoms with Gasteiger partial charge in [-0.25, -0.2) is 8.42 Å². The van der Waals surface area contributed by atoms with Crippen LogP contribution < -0.4 is 0 Å². The molecule has 0 radical (unpaired) electrons. The standard InChI is InChI=1S/C10H18N2O3S/c1-3-10(8-11)16(13,14)12(6-7-15-2)9-4-5-9/h9-10H,3-7H2,1-2H3. The molecule has 0 spiro atoms. The first-order chi connectivity index (χ1) is 7.57. The first-order valence-electron chi connectivity index (χ1n) is 5.47. The highest BCUT2D eigenvalue weighted by Gasteiger charge is 2.40. The maximum Gasteiger partial charge on any atom is 0.230 e. The predicted octanol–water partition coefficient (Wildman–Crippen LogP) is 0.729. The molecule has 0 saturated heterocycles. The third kappa shape index (κ3) is 2.94. The highest BCUT2D eigenvalue weighted by molar-refractivity contribution is 7.90. The van der Waals surface area contributed by atoms with Gasteiger partial charge in [-0.05, 0) is 19.3 Å². The van der Waals surface area contributed by atoms with Gasteiger partial charge in [0.25, 0.3) is 0 Å². The monoisotopic (exact) mass is 246 g/mol. The molecule has 0 heterocycles. The summed E-state index contributed by atoms with van der Waals surface area (Å²) in [5.74, 6) is 0. The maximum absolute atomic E-state index is 12.1. The Kier molecular flexibility index (Phi) is 4.71. The van der Waals surface area contributed by atoms with Crippen LogP contribution >= 0.6 is 0 Å². The number of nitrogens with zero attached hydrogens (tertiary/aromatic N) is 2. The molecule has 6 heteroatoms. The minimum atomic E-state index is -3.48. The molecule has 0 aromatic carbocycles. The number of methoxy groups -OCH3 is 1. The molecule has 1 fully saturated rings. The van der Waals surface area contributed by atoms with E-state index in [-0.39, 0.29) is 6.04 Å². The normalized spacial score (nSPS) is 18.4. The summed E-state index contributed by atoms with van der Waals surface area (Å²) in [7, 11) is -1.94. The Morgan fingerprint density at radius 2 is 2.19 bits per heavy atom. The summed E-state index contributed by atoms with van der Waals surface area (Å²) in [6, 6.07) is 1.95. The molecule has 0 bridgehead atoms. The van der Waals surface area contributed by atoms with Crippen molar-refractivity contribution in [2.75, 3.05) is 20.3 Å². The third-order valence-electron chi connectivity index (χ3n) is 2.67. The first kappa shape index (κ1) is 13.4. The lowest BCUT2D eigenvalue weighted by Gasteiger charge is -2.23. The zero-order valence-corrected chi connectivity index (χ0v) is 10.5. The summed E-state index contributed by atoms with van der Waals surface area (Å²) >= 11 is 0. The third-order valence-corrected chi connectivity index (χ3v) is 4.96. The molecule has 92 valence electrons. The van der Waals surface area contributed by atoms with Crippen LogP contribution in [0.25, 0.3) is 0 Å². The molecular weight excluding hydrogens is 228 g/mol. The topological polar surface area (TPSA) is 70.4 Å². The van der Waals surface area contributed by atoms with Crippen LogP contribution in [0, 0.1) is 11.3 Å². The molecule has 1 aliphatic carbocycles. The van der Waals surface area contributed by atoms with Gasteiger partial charge in [0.2, 0.25) is 10.0 Å². The Morgan fingerprint density at radius 1 is 1.56 bits per heavy atom.